The van der Waals surface area contributed by atoms with Crippen LogP contribution in [0.3, 0.4) is 0 Å². The van der Waals surface area contributed by atoms with Gasteiger partial charge in [-0.15, -0.1) is 0 Å². The molecule has 0 aliphatic carbocycles. The number of benzene rings is 2. The monoisotopic (exact) mass is 394 g/mol. The number of morpholine rings is 1. The number of rotatable bonds is 5. The number of carbonyl (C=O) groups excluding carboxylic acids is 1. The van der Waals surface area contributed by atoms with Crippen LogP contribution < -0.4 is 5.32 Å². The van der Waals surface area contributed by atoms with Crippen LogP contribution in [0.5, 0.6) is 0 Å². The molecular formula is C23H30N4O2. The highest BCUT2D eigenvalue weighted by Crippen LogP contribution is 2.25. The van der Waals surface area contributed by atoms with Crippen LogP contribution in [-0.4, -0.2) is 62.0 Å². The van der Waals surface area contributed by atoms with Crippen molar-refractivity contribution in [2.45, 2.75) is 19.6 Å². The van der Waals surface area contributed by atoms with Gasteiger partial charge in [-0.2, -0.15) is 0 Å². The average molecular weight is 395 g/mol. The minimum atomic E-state index is -0.0155. The second-order valence-corrected chi connectivity index (χ2v) is 7.43. The van der Waals surface area contributed by atoms with E-state index in [1.54, 1.807) is 19.0 Å². The highest BCUT2D eigenvalue weighted by Gasteiger charge is 2.25. The molecule has 0 bridgehead atoms. The number of hydrogen-bond acceptors (Lipinski definition) is 3. The summed E-state index contributed by atoms with van der Waals surface area (Å²) in [4.78, 5) is 20.7. The number of likely N-dealkylation sites (N-methyl/N-ethyl adjacent to an activating group) is 1. The summed E-state index contributed by atoms with van der Waals surface area (Å²) in [6, 6.07) is 18.4. The van der Waals surface area contributed by atoms with Crippen LogP contribution in [0.2, 0.25) is 0 Å². The average Bonchev–Trinajstić information content (AvgIpc) is 2.74. The van der Waals surface area contributed by atoms with Gasteiger partial charge >= 0.3 is 0 Å². The summed E-state index contributed by atoms with van der Waals surface area (Å²) < 4.78 is 6.05. The van der Waals surface area contributed by atoms with E-state index in [4.69, 9.17) is 9.73 Å². The molecule has 0 radical (unpaired) electrons. The lowest BCUT2D eigenvalue weighted by atomic mass is 10.0. The van der Waals surface area contributed by atoms with E-state index >= 15 is 0 Å². The summed E-state index contributed by atoms with van der Waals surface area (Å²) in [5, 5.41) is 3.26. The molecule has 6 nitrogen and oxygen atoms in total. The van der Waals surface area contributed by atoms with Gasteiger partial charge < -0.3 is 19.9 Å². The molecule has 1 amide bonds. The molecule has 6 heteroatoms. The van der Waals surface area contributed by atoms with Gasteiger partial charge in [-0.3, -0.25) is 4.79 Å². The third kappa shape index (κ3) is 5.81. The third-order valence-corrected chi connectivity index (χ3v) is 5.05. The van der Waals surface area contributed by atoms with Crippen molar-refractivity contribution in [3.05, 3.63) is 71.3 Å². The Kier molecular flexibility index (Phi) is 7.25. The van der Waals surface area contributed by atoms with Crippen LogP contribution in [-0.2, 0) is 16.1 Å². The molecule has 29 heavy (non-hydrogen) atoms. The zero-order chi connectivity index (χ0) is 20.6. The molecule has 1 saturated heterocycles. The summed E-state index contributed by atoms with van der Waals surface area (Å²) in [6.45, 7) is 4.93. The molecule has 1 N–H and O–H groups in total. The van der Waals surface area contributed by atoms with E-state index in [1.165, 1.54) is 11.1 Å². The maximum absolute atomic E-state index is 12.1. The lowest BCUT2D eigenvalue weighted by molar-refractivity contribution is -0.127. The number of amides is 1. The maximum atomic E-state index is 12.1. The summed E-state index contributed by atoms with van der Waals surface area (Å²) >= 11 is 0. The lowest BCUT2D eigenvalue weighted by Crippen LogP contribution is -2.50. The Hall–Kier alpha value is -2.86. The van der Waals surface area contributed by atoms with Crippen molar-refractivity contribution in [2.24, 2.45) is 4.99 Å². The van der Waals surface area contributed by atoms with Crippen molar-refractivity contribution in [2.75, 3.05) is 40.3 Å². The maximum Gasteiger partial charge on any atom is 0.241 e. The van der Waals surface area contributed by atoms with E-state index in [2.05, 4.69) is 41.4 Å². The normalized spacial score (nSPS) is 17.1. The number of nitrogens with one attached hydrogen (secondary N) is 1. The van der Waals surface area contributed by atoms with Gasteiger partial charge in [0.2, 0.25) is 5.91 Å². The second kappa shape index (κ2) is 10.1. The molecule has 2 aromatic carbocycles. The zero-order valence-corrected chi connectivity index (χ0v) is 17.5. The minimum absolute atomic E-state index is 0.0149. The van der Waals surface area contributed by atoms with Crippen LogP contribution >= 0.6 is 0 Å². The Labute approximate surface area is 173 Å². The molecule has 0 spiro atoms. The number of hydrogen-bond donors (Lipinski definition) is 1. The fourth-order valence-corrected chi connectivity index (χ4v) is 3.31. The van der Waals surface area contributed by atoms with Gasteiger partial charge in [0.1, 0.15) is 6.10 Å². The Bertz CT molecular complexity index is 836. The summed E-state index contributed by atoms with van der Waals surface area (Å²) in [7, 11) is 3.52. The molecule has 1 fully saturated rings. The predicted octanol–water partition coefficient (Wildman–Crippen LogP) is 2.60. The van der Waals surface area contributed by atoms with Crippen molar-refractivity contribution >= 4 is 11.9 Å². The topological polar surface area (TPSA) is 57.2 Å². The molecule has 154 valence electrons. The van der Waals surface area contributed by atoms with Gasteiger partial charge in [0.25, 0.3) is 0 Å². The molecule has 1 aliphatic heterocycles. The van der Waals surface area contributed by atoms with Crippen molar-refractivity contribution in [1.29, 1.82) is 0 Å². The van der Waals surface area contributed by atoms with Gasteiger partial charge in [-0.1, -0.05) is 54.6 Å². The predicted molar refractivity (Wildman–Crippen MR) is 116 cm³/mol. The second-order valence-electron chi connectivity index (χ2n) is 7.43. The highest BCUT2D eigenvalue weighted by atomic mass is 16.5. The van der Waals surface area contributed by atoms with Crippen molar-refractivity contribution in [3.63, 3.8) is 0 Å². The Morgan fingerprint density at radius 2 is 1.90 bits per heavy atom. The van der Waals surface area contributed by atoms with E-state index < -0.39 is 0 Å². The molecule has 3 rings (SSSR count). The fourth-order valence-electron chi connectivity index (χ4n) is 3.31. The number of aryl methyl sites for hydroxylation is 1. The Balaban J connectivity index is 1.76. The number of guanidine groups is 1. The first-order valence-electron chi connectivity index (χ1n) is 9.99. The van der Waals surface area contributed by atoms with Gasteiger partial charge in [0, 0.05) is 20.6 Å². The summed E-state index contributed by atoms with van der Waals surface area (Å²) in [5.74, 6) is 0.757. The molecule has 1 heterocycles. The van der Waals surface area contributed by atoms with E-state index in [9.17, 15) is 4.79 Å². The number of aliphatic imine (C=N–C) groups is 1. The Morgan fingerprint density at radius 3 is 2.62 bits per heavy atom. The van der Waals surface area contributed by atoms with Crippen molar-refractivity contribution < 1.29 is 9.53 Å². The first-order valence-corrected chi connectivity index (χ1v) is 9.99. The Morgan fingerprint density at radius 1 is 1.17 bits per heavy atom. The zero-order valence-electron chi connectivity index (χ0n) is 17.5. The SMILES string of the molecule is Cc1ccccc1C1CN(C(=NCc2ccccc2)NCC(=O)N(C)C)CCO1. The highest BCUT2D eigenvalue weighted by molar-refractivity contribution is 5.86. The van der Waals surface area contributed by atoms with Crippen LogP contribution in [0, 0.1) is 6.92 Å². The molecular weight excluding hydrogens is 364 g/mol. The molecule has 0 saturated carbocycles. The van der Waals surface area contributed by atoms with E-state index in [-0.39, 0.29) is 18.6 Å². The standard InChI is InChI=1S/C23H30N4O2/c1-18-9-7-8-12-20(18)21-17-27(13-14-29-21)23(25-16-22(28)26(2)3)24-15-19-10-5-4-6-11-19/h4-12,21H,13-17H2,1-3H3,(H,24,25). The fraction of sp³-hybridized carbons (Fsp3) is 0.391. The smallest absolute Gasteiger partial charge is 0.241 e. The molecule has 1 unspecified atom stereocenters. The van der Waals surface area contributed by atoms with Crippen molar-refractivity contribution in [3.8, 4) is 0 Å². The molecule has 1 atom stereocenters. The summed E-state index contributed by atoms with van der Waals surface area (Å²) in [5.41, 5.74) is 3.55. The first kappa shape index (κ1) is 20.9. The van der Waals surface area contributed by atoms with Gasteiger partial charge in [-0.05, 0) is 23.6 Å². The van der Waals surface area contributed by atoms with E-state index in [1.807, 2.05) is 30.3 Å². The van der Waals surface area contributed by atoms with Crippen molar-refractivity contribution in [1.82, 2.24) is 15.1 Å². The number of ether oxygens (including phenoxy) is 1. The minimum Gasteiger partial charge on any atom is -0.370 e. The van der Waals surface area contributed by atoms with Crippen LogP contribution in [0.25, 0.3) is 0 Å². The quantitative estimate of drug-likeness (QED) is 0.626. The van der Waals surface area contributed by atoms with Gasteiger partial charge in [0.05, 0.1) is 26.2 Å². The molecule has 1 aliphatic rings. The van der Waals surface area contributed by atoms with Crippen LogP contribution in [0.4, 0.5) is 0 Å². The first-order chi connectivity index (χ1) is 14.0. The third-order valence-electron chi connectivity index (χ3n) is 5.05. The van der Waals surface area contributed by atoms with E-state index in [0.717, 1.165) is 18.1 Å². The van der Waals surface area contributed by atoms with Gasteiger partial charge in [-0.25, -0.2) is 4.99 Å². The van der Waals surface area contributed by atoms with Crippen LogP contribution in [0.1, 0.15) is 22.8 Å². The largest absolute Gasteiger partial charge is 0.370 e. The summed E-state index contributed by atoms with van der Waals surface area (Å²) in [6.07, 6.45) is -0.0155. The van der Waals surface area contributed by atoms with Gasteiger partial charge in [0.15, 0.2) is 5.96 Å². The number of carbonyl (C=O) groups is 1. The lowest BCUT2D eigenvalue weighted by Gasteiger charge is -2.36. The van der Waals surface area contributed by atoms with Crippen LogP contribution in [0.15, 0.2) is 59.6 Å². The van der Waals surface area contributed by atoms with E-state index in [0.29, 0.717) is 19.7 Å². The molecule has 0 aromatic heterocycles. The number of nitrogens with zero attached hydrogens (tertiary/aromatic N) is 3. The molecule has 2 aromatic rings.